The number of anilines is 1. The highest BCUT2D eigenvalue weighted by Crippen LogP contribution is 2.22. The fraction of sp³-hybridized carbons (Fsp3) is 0.133. The summed E-state index contributed by atoms with van der Waals surface area (Å²) in [6, 6.07) is 9.01. The smallest absolute Gasteiger partial charge is 0.261 e. The minimum absolute atomic E-state index is 0.0201. The van der Waals surface area contributed by atoms with Crippen LogP contribution in [0.3, 0.4) is 0 Å². The van der Waals surface area contributed by atoms with E-state index in [1.165, 1.54) is 41.3 Å². The molecule has 8 heteroatoms. The standard InChI is InChI=1S/C15H14ClFN2O3S/c1-19(2)15(20)10-3-6-12(7-4-10)23(21,22)18-11-5-8-14(17)13(16)9-11/h3-9,18H,1-2H3. The molecule has 0 heterocycles. The van der Waals surface area contributed by atoms with Crippen molar-refractivity contribution in [1.82, 2.24) is 4.90 Å². The molecular weight excluding hydrogens is 343 g/mol. The van der Waals surface area contributed by atoms with Crippen LogP contribution in [-0.4, -0.2) is 33.3 Å². The first-order chi connectivity index (χ1) is 10.7. The van der Waals surface area contributed by atoms with Gasteiger partial charge in [0.05, 0.1) is 15.6 Å². The zero-order chi connectivity index (χ0) is 17.2. The molecule has 0 aliphatic carbocycles. The molecule has 0 aliphatic heterocycles. The van der Waals surface area contributed by atoms with Gasteiger partial charge in [0.1, 0.15) is 5.82 Å². The van der Waals surface area contributed by atoms with E-state index in [1.54, 1.807) is 14.1 Å². The van der Waals surface area contributed by atoms with E-state index < -0.39 is 15.8 Å². The van der Waals surface area contributed by atoms with Gasteiger partial charge in [0.25, 0.3) is 15.9 Å². The van der Waals surface area contributed by atoms with Gasteiger partial charge >= 0.3 is 0 Å². The summed E-state index contributed by atoms with van der Waals surface area (Å²) in [5.41, 5.74) is 0.517. The van der Waals surface area contributed by atoms with Crippen LogP contribution in [0, 0.1) is 5.82 Å². The van der Waals surface area contributed by atoms with Gasteiger partial charge in [0.15, 0.2) is 0 Å². The summed E-state index contributed by atoms with van der Waals surface area (Å²) in [5, 5.41) is -0.183. The number of benzene rings is 2. The first kappa shape index (κ1) is 17.2. The summed E-state index contributed by atoms with van der Waals surface area (Å²) >= 11 is 5.62. The first-order valence-electron chi connectivity index (χ1n) is 6.50. The molecule has 0 spiro atoms. The highest BCUT2D eigenvalue weighted by molar-refractivity contribution is 7.92. The molecule has 0 radical (unpaired) electrons. The van der Waals surface area contributed by atoms with E-state index in [0.717, 1.165) is 6.07 Å². The molecule has 23 heavy (non-hydrogen) atoms. The molecule has 2 aromatic carbocycles. The van der Waals surface area contributed by atoms with Crippen LogP contribution < -0.4 is 4.72 Å². The van der Waals surface area contributed by atoms with Crippen molar-refractivity contribution < 1.29 is 17.6 Å². The molecule has 0 atom stereocenters. The summed E-state index contributed by atoms with van der Waals surface area (Å²) in [4.78, 5) is 13.1. The Morgan fingerprint density at radius 1 is 1.13 bits per heavy atom. The third-order valence-electron chi connectivity index (χ3n) is 2.99. The van der Waals surface area contributed by atoms with Crippen LogP contribution in [0.5, 0.6) is 0 Å². The zero-order valence-corrected chi connectivity index (χ0v) is 14.0. The van der Waals surface area contributed by atoms with E-state index in [-0.39, 0.29) is 21.5 Å². The summed E-state index contributed by atoms with van der Waals surface area (Å²) in [6.07, 6.45) is 0. The van der Waals surface area contributed by atoms with Crippen LogP contribution in [0.4, 0.5) is 10.1 Å². The largest absolute Gasteiger partial charge is 0.345 e. The lowest BCUT2D eigenvalue weighted by Crippen LogP contribution is -2.21. The Hall–Kier alpha value is -2.12. The van der Waals surface area contributed by atoms with Gasteiger partial charge < -0.3 is 4.90 Å². The maximum Gasteiger partial charge on any atom is 0.261 e. The predicted octanol–water partition coefficient (Wildman–Crippen LogP) is 2.98. The van der Waals surface area contributed by atoms with Crippen molar-refractivity contribution >= 4 is 33.2 Å². The minimum Gasteiger partial charge on any atom is -0.345 e. The minimum atomic E-state index is -3.86. The molecule has 0 saturated carbocycles. The molecule has 0 saturated heterocycles. The summed E-state index contributed by atoms with van der Waals surface area (Å²) in [7, 11) is -0.654. The number of carbonyl (C=O) groups excluding carboxylic acids is 1. The monoisotopic (exact) mass is 356 g/mol. The van der Waals surface area contributed by atoms with Crippen LogP contribution in [0.1, 0.15) is 10.4 Å². The average Bonchev–Trinajstić information content (AvgIpc) is 2.50. The Morgan fingerprint density at radius 3 is 2.26 bits per heavy atom. The Balaban J connectivity index is 2.25. The van der Waals surface area contributed by atoms with Gasteiger partial charge in [-0.3, -0.25) is 9.52 Å². The number of amides is 1. The lowest BCUT2D eigenvalue weighted by molar-refractivity contribution is 0.0827. The Morgan fingerprint density at radius 2 is 1.74 bits per heavy atom. The Labute approximate surface area is 138 Å². The van der Waals surface area contributed by atoms with Crippen LogP contribution in [0.25, 0.3) is 0 Å². The average molecular weight is 357 g/mol. The number of hydrogen-bond acceptors (Lipinski definition) is 3. The zero-order valence-electron chi connectivity index (χ0n) is 12.4. The third kappa shape index (κ3) is 4.00. The van der Waals surface area contributed by atoms with Crippen molar-refractivity contribution in [2.75, 3.05) is 18.8 Å². The van der Waals surface area contributed by atoms with Crippen molar-refractivity contribution in [2.24, 2.45) is 0 Å². The highest BCUT2D eigenvalue weighted by Gasteiger charge is 2.16. The molecular formula is C15H14ClFN2O3S. The molecule has 122 valence electrons. The fourth-order valence-corrected chi connectivity index (χ4v) is 3.04. The number of nitrogens with one attached hydrogen (secondary N) is 1. The number of hydrogen-bond donors (Lipinski definition) is 1. The second-order valence-electron chi connectivity index (χ2n) is 4.96. The fourth-order valence-electron chi connectivity index (χ4n) is 1.81. The number of rotatable bonds is 4. The highest BCUT2D eigenvalue weighted by atomic mass is 35.5. The van der Waals surface area contributed by atoms with Crippen molar-refractivity contribution in [2.45, 2.75) is 4.90 Å². The molecule has 1 N–H and O–H groups in total. The first-order valence-corrected chi connectivity index (χ1v) is 8.36. The molecule has 0 unspecified atom stereocenters. The molecule has 1 amide bonds. The van der Waals surface area contributed by atoms with Gasteiger partial charge in [0.2, 0.25) is 0 Å². The molecule has 0 fully saturated rings. The second kappa shape index (κ2) is 6.55. The van der Waals surface area contributed by atoms with Gasteiger partial charge in [-0.05, 0) is 42.5 Å². The van der Waals surface area contributed by atoms with Gasteiger partial charge in [-0.15, -0.1) is 0 Å². The lowest BCUT2D eigenvalue weighted by atomic mass is 10.2. The van der Waals surface area contributed by atoms with Crippen molar-refractivity contribution in [1.29, 1.82) is 0 Å². The van der Waals surface area contributed by atoms with E-state index in [2.05, 4.69) is 4.72 Å². The lowest BCUT2D eigenvalue weighted by Gasteiger charge is -2.11. The summed E-state index contributed by atoms with van der Waals surface area (Å²) in [5.74, 6) is -0.867. The van der Waals surface area contributed by atoms with Crippen LogP contribution >= 0.6 is 11.6 Å². The van der Waals surface area contributed by atoms with E-state index in [1.807, 2.05) is 0 Å². The van der Waals surface area contributed by atoms with E-state index in [0.29, 0.717) is 5.56 Å². The topological polar surface area (TPSA) is 66.5 Å². The second-order valence-corrected chi connectivity index (χ2v) is 7.05. The maximum atomic E-state index is 13.1. The van der Waals surface area contributed by atoms with Crippen molar-refractivity contribution in [3.05, 3.63) is 58.9 Å². The van der Waals surface area contributed by atoms with Gasteiger partial charge in [-0.25, -0.2) is 12.8 Å². The molecule has 2 rings (SSSR count). The predicted molar refractivity (Wildman–Crippen MR) is 86.7 cm³/mol. The SMILES string of the molecule is CN(C)C(=O)c1ccc(S(=O)(=O)Nc2ccc(F)c(Cl)c2)cc1. The molecule has 0 aromatic heterocycles. The van der Waals surface area contributed by atoms with Crippen LogP contribution in [-0.2, 0) is 10.0 Å². The van der Waals surface area contributed by atoms with Gasteiger partial charge in [-0.1, -0.05) is 11.6 Å². The molecule has 0 bridgehead atoms. The quantitative estimate of drug-likeness (QED) is 0.915. The summed E-state index contributed by atoms with van der Waals surface area (Å²) < 4.78 is 39.9. The van der Waals surface area contributed by atoms with Gasteiger partial charge in [0, 0.05) is 19.7 Å². The third-order valence-corrected chi connectivity index (χ3v) is 4.68. The maximum absolute atomic E-state index is 13.1. The summed E-state index contributed by atoms with van der Waals surface area (Å²) in [6.45, 7) is 0. The van der Waals surface area contributed by atoms with E-state index in [4.69, 9.17) is 11.6 Å². The Kier molecular flexibility index (Phi) is 4.91. The van der Waals surface area contributed by atoms with Gasteiger partial charge in [-0.2, -0.15) is 0 Å². The number of sulfonamides is 1. The van der Waals surface area contributed by atoms with Crippen LogP contribution in [0.2, 0.25) is 5.02 Å². The molecule has 5 nitrogen and oxygen atoms in total. The Bertz CT molecular complexity index is 836. The van der Waals surface area contributed by atoms with Crippen molar-refractivity contribution in [3.8, 4) is 0 Å². The number of nitrogens with zero attached hydrogens (tertiary/aromatic N) is 1. The van der Waals surface area contributed by atoms with Crippen molar-refractivity contribution in [3.63, 3.8) is 0 Å². The number of carbonyl (C=O) groups is 1. The normalized spacial score (nSPS) is 11.1. The molecule has 2 aromatic rings. The van der Waals surface area contributed by atoms with E-state index >= 15 is 0 Å². The van der Waals surface area contributed by atoms with Crippen LogP contribution in [0.15, 0.2) is 47.4 Å². The number of halogens is 2. The molecule has 0 aliphatic rings. The van der Waals surface area contributed by atoms with E-state index in [9.17, 15) is 17.6 Å².